The second-order valence-corrected chi connectivity index (χ2v) is 4.34. The maximum atomic E-state index is 9.85. The molecule has 0 amide bonds. The Labute approximate surface area is 101 Å². The zero-order valence-corrected chi connectivity index (χ0v) is 10.2. The fraction of sp³-hybridized carbons (Fsp3) is 0.538. The number of benzene rings is 1. The molecular weight excluding hydrogens is 220 g/mol. The first-order valence-corrected chi connectivity index (χ1v) is 5.72. The van der Waals surface area contributed by atoms with Crippen molar-refractivity contribution in [3.63, 3.8) is 0 Å². The summed E-state index contributed by atoms with van der Waals surface area (Å²) in [5.74, 6) is -0.336. The lowest BCUT2D eigenvalue weighted by atomic mass is 10.1. The average molecular weight is 238 g/mol. The fourth-order valence-corrected chi connectivity index (χ4v) is 1.89. The Hall–Kier alpha value is -1.10. The minimum Gasteiger partial charge on any atom is -0.497 e. The van der Waals surface area contributed by atoms with E-state index >= 15 is 0 Å². The highest BCUT2D eigenvalue weighted by atomic mass is 16.7. The van der Waals surface area contributed by atoms with Gasteiger partial charge >= 0.3 is 0 Å². The molecule has 1 saturated heterocycles. The molecular formula is C13H18O4. The Kier molecular flexibility index (Phi) is 3.66. The molecule has 0 radical (unpaired) electrons. The molecule has 4 heteroatoms. The maximum absolute atomic E-state index is 9.85. The van der Waals surface area contributed by atoms with Gasteiger partial charge in [0.1, 0.15) is 11.9 Å². The highest BCUT2D eigenvalue weighted by molar-refractivity contribution is 5.26. The monoisotopic (exact) mass is 238 g/mol. The van der Waals surface area contributed by atoms with Crippen molar-refractivity contribution in [3.8, 4) is 5.75 Å². The summed E-state index contributed by atoms with van der Waals surface area (Å²) in [5, 5.41) is 9.85. The quantitative estimate of drug-likeness (QED) is 0.867. The number of ether oxygens (including phenoxy) is 3. The first-order chi connectivity index (χ1) is 8.12. The van der Waals surface area contributed by atoms with E-state index in [2.05, 4.69) is 0 Å². The van der Waals surface area contributed by atoms with Crippen LogP contribution in [0.4, 0.5) is 0 Å². The van der Waals surface area contributed by atoms with Crippen LogP contribution in [-0.4, -0.2) is 30.7 Å². The van der Waals surface area contributed by atoms with Gasteiger partial charge in [0.25, 0.3) is 0 Å². The highest BCUT2D eigenvalue weighted by Gasteiger charge is 2.38. The minimum absolute atomic E-state index is 0.260. The van der Waals surface area contributed by atoms with Crippen LogP contribution in [0.3, 0.4) is 0 Å². The van der Waals surface area contributed by atoms with Gasteiger partial charge in [0.15, 0.2) is 5.79 Å². The van der Waals surface area contributed by atoms with Crippen molar-refractivity contribution in [2.24, 2.45) is 0 Å². The number of methoxy groups -OCH3 is 1. The minimum atomic E-state index is -1.16. The summed E-state index contributed by atoms with van der Waals surface area (Å²) in [5.41, 5.74) is 1.05. The Morgan fingerprint density at radius 1 is 1.41 bits per heavy atom. The molecule has 1 fully saturated rings. The third-order valence-electron chi connectivity index (χ3n) is 2.98. The zero-order chi connectivity index (χ0) is 12.3. The van der Waals surface area contributed by atoms with Crippen LogP contribution >= 0.6 is 0 Å². The van der Waals surface area contributed by atoms with Crippen molar-refractivity contribution in [3.05, 3.63) is 29.8 Å². The molecule has 1 heterocycles. The van der Waals surface area contributed by atoms with Gasteiger partial charge in [-0.3, -0.25) is 0 Å². The molecule has 0 bridgehead atoms. The summed E-state index contributed by atoms with van der Waals surface area (Å²) < 4.78 is 15.9. The summed E-state index contributed by atoms with van der Waals surface area (Å²) in [6.07, 6.45) is 0.466. The van der Waals surface area contributed by atoms with Gasteiger partial charge in [-0.2, -0.15) is 0 Å². The SMILES string of the molecule is COc1ccc(CO[C@H]2CCOC2(C)O)cc1. The van der Waals surface area contributed by atoms with Crippen molar-refractivity contribution < 1.29 is 19.3 Å². The summed E-state index contributed by atoms with van der Waals surface area (Å²) in [6, 6.07) is 7.68. The maximum Gasteiger partial charge on any atom is 0.189 e. The van der Waals surface area contributed by atoms with Crippen molar-refractivity contribution in [2.75, 3.05) is 13.7 Å². The van der Waals surface area contributed by atoms with Crippen LogP contribution < -0.4 is 4.74 Å². The second kappa shape index (κ2) is 5.04. The first kappa shape index (κ1) is 12.4. The largest absolute Gasteiger partial charge is 0.497 e. The Bertz CT molecular complexity index is 358. The molecule has 1 aromatic rings. The van der Waals surface area contributed by atoms with Crippen molar-refractivity contribution in [1.82, 2.24) is 0 Å². The third kappa shape index (κ3) is 2.97. The molecule has 17 heavy (non-hydrogen) atoms. The average Bonchev–Trinajstić information content (AvgIpc) is 2.66. The van der Waals surface area contributed by atoms with Gasteiger partial charge in [-0.15, -0.1) is 0 Å². The van der Waals surface area contributed by atoms with Crippen LogP contribution in [0.5, 0.6) is 5.75 Å². The number of hydrogen-bond donors (Lipinski definition) is 1. The van der Waals surface area contributed by atoms with Crippen LogP contribution in [0.2, 0.25) is 0 Å². The van der Waals surface area contributed by atoms with Gasteiger partial charge in [0.05, 0.1) is 20.3 Å². The smallest absolute Gasteiger partial charge is 0.189 e. The summed E-state index contributed by atoms with van der Waals surface area (Å²) >= 11 is 0. The van der Waals surface area contributed by atoms with Crippen LogP contribution in [0.15, 0.2) is 24.3 Å². The first-order valence-electron chi connectivity index (χ1n) is 5.72. The third-order valence-corrected chi connectivity index (χ3v) is 2.98. The lowest BCUT2D eigenvalue weighted by molar-refractivity contribution is -0.213. The highest BCUT2D eigenvalue weighted by Crippen LogP contribution is 2.26. The van der Waals surface area contributed by atoms with E-state index in [1.54, 1.807) is 14.0 Å². The lowest BCUT2D eigenvalue weighted by Gasteiger charge is -2.24. The lowest BCUT2D eigenvalue weighted by Crippen LogP contribution is -2.37. The van der Waals surface area contributed by atoms with E-state index in [0.29, 0.717) is 13.2 Å². The Morgan fingerprint density at radius 3 is 2.65 bits per heavy atom. The van der Waals surface area contributed by atoms with Crippen LogP contribution in [-0.2, 0) is 16.1 Å². The van der Waals surface area contributed by atoms with E-state index in [1.807, 2.05) is 24.3 Å². The standard InChI is InChI=1S/C13H18O4/c1-13(14)12(7-8-17-13)16-9-10-3-5-11(15-2)6-4-10/h3-6,12,14H,7-9H2,1-2H3/t12-,13?/m0/s1. The normalized spacial score (nSPS) is 28.3. The molecule has 1 aromatic carbocycles. The molecule has 1 aliphatic heterocycles. The van der Waals surface area contributed by atoms with E-state index in [4.69, 9.17) is 14.2 Å². The predicted octanol–water partition coefficient (Wildman–Crippen LogP) is 1.71. The molecule has 0 spiro atoms. The summed E-state index contributed by atoms with van der Waals surface area (Å²) in [7, 11) is 1.64. The van der Waals surface area contributed by atoms with Crippen molar-refractivity contribution in [2.45, 2.75) is 31.8 Å². The van der Waals surface area contributed by atoms with E-state index in [-0.39, 0.29) is 6.10 Å². The fourth-order valence-electron chi connectivity index (χ4n) is 1.89. The Balaban J connectivity index is 1.89. The van der Waals surface area contributed by atoms with Crippen molar-refractivity contribution in [1.29, 1.82) is 0 Å². The molecule has 2 atom stereocenters. The molecule has 0 saturated carbocycles. The predicted molar refractivity (Wildman–Crippen MR) is 62.8 cm³/mol. The van der Waals surface area contributed by atoms with Gasteiger partial charge in [0, 0.05) is 6.42 Å². The van der Waals surface area contributed by atoms with Gasteiger partial charge in [0.2, 0.25) is 0 Å². The summed E-state index contributed by atoms with van der Waals surface area (Å²) in [6.45, 7) is 2.65. The van der Waals surface area contributed by atoms with Gasteiger partial charge in [-0.05, 0) is 24.6 Å². The molecule has 1 aliphatic rings. The van der Waals surface area contributed by atoms with Crippen molar-refractivity contribution >= 4 is 0 Å². The van der Waals surface area contributed by atoms with Gasteiger partial charge in [-0.1, -0.05) is 12.1 Å². The van der Waals surface area contributed by atoms with Crippen LogP contribution in [0, 0.1) is 0 Å². The molecule has 1 unspecified atom stereocenters. The van der Waals surface area contributed by atoms with E-state index < -0.39 is 5.79 Å². The topological polar surface area (TPSA) is 47.9 Å². The molecule has 4 nitrogen and oxygen atoms in total. The van der Waals surface area contributed by atoms with Crippen LogP contribution in [0.1, 0.15) is 18.9 Å². The van der Waals surface area contributed by atoms with Crippen LogP contribution in [0.25, 0.3) is 0 Å². The van der Waals surface area contributed by atoms with Gasteiger partial charge < -0.3 is 19.3 Å². The van der Waals surface area contributed by atoms with E-state index in [1.165, 1.54) is 0 Å². The van der Waals surface area contributed by atoms with Gasteiger partial charge in [-0.25, -0.2) is 0 Å². The van der Waals surface area contributed by atoms with E-state index in [9.17, 15) is 5.11 Å². The molecule has 1 N–H and O–H groups in total. The summed E-state index contributed by atoms with van der Waals surface area (Å²) in [4.78, 5) is 0. The zero-order valence-electron chi connectivity index (χ0n) is 10.2. The van der Waals surface area contributed by atoms with E-state index in [0.717, 1.165) is 17.7 Å². The number of rotatable bonds is 4. The molecule has 0 aromatic heterocycles. The second-order valence-electron chi connectivity index (χ2n) is 4.34. The molecule has 2 rings (SSSR count). The number of aliphatic hydroxyl groups is 1. The molecule has 94 valence electrons. The Morgan fingerprint density at radius 2 is 2.12 bits per heavy atom. The molecule has 0 aliphatic carbocycles. The number of hydrogen-bond acceptors (Lipinski definition) is 4.